The van der Waals surface area contributed by atoms with Crippen molar-refractivity contribution in [3.63, 3.8) is 0 Å². The van der Waals surface area contributed by atoms with Crippen LogP contribution in [0.3, 0.4) is 0 Å². The first-order chi connectivity index (χ1) is 15.5. The number of nitrogens with one attached hydrogen (secondary N) is 2. The molecule has 0 aliphatic carbocycles. The van der Waals surface area contributed by atoms with Crippen LogP contribution < -0.4 is 5.32 Å². The van der Waals surface area contributed by atoms with E-state index in [0.717, 1.165) is 23.3 Å². The van der Waals surface area contributed by atoms with Crippen molar-refractivity contribution in [2.75, 3.05) is 5.32 Å². The molecule has 4 rings (SSSR count). The predicted octanol–water partition coefficient (Wildman–Crippen LogP) is 4.30. The molecule has 4 aromatic rings. The summed E-state index contributed by atoms with van der Waals surface area (Å²) in [5.74, 6) is -0.523. The van der Waals surface area contributed by atoms with Crippen LogP contribution in [0.25, 0.3) is 11.4 Å². The number of halogens is 2. The quantitative estimate of drug-likeness (QED) is 0.380. The van der Waals surface area contributed by atoms with E-state index in [1.54, 1.807) is 0 Å². The summed E-state index contributed by atoms with van der Waals surface area (Å²) in [4.78, 5) is 20.7. The fourth-order valence-corrected chi connectivity index (χ4v) is 3.49. The highest BCUT2D eigenvalue weighted by Gasteiger charge is 2.14. The van der Waals surface area contributed by atoms with Gasteiger partial charge in [-0.15, -0.1) is 5.10 Å². The van der Waals surface area contributed by atoms with E-state index in [9.17, 15) is 13.6 Å². The number of para-hydroxylation sites is 1. The minimum Gasteiger partial charge on any atom is -0.339 e. The summed E-state index contributed by atoms with van der Waals surface area (Å²) in [6.07, 6.45) is 0.0705. The molecule has 0 aliphatic rings. The molecule has 0 bridgehead atoms. The minimum absolute atomic E-state index is 0.0661. The van der Waals surface area contributed by atoms with Crippen LogP contribution in [0.5, 0.6) is 0 Å². The lowest BCUT2D eigenvalue weighted by Crippen LogP contribution is -2.14. The van der Waals surface area contributed by atoms with E-state index in [1.807, 2.05) is 31.2 Å². The average molecular weight is 456 g/mol. The van der Waals surface area contributed by atoms with Crippen molar-refractivity contribution < 1.29 is 18.1 Å². The van der Waals surface area contributed by atoms with E-state index in [2.05, 4.69) is 30.6 Å². The molecule has 0 fully saturated rings. The molecular formula is C21H18F2N6O2S. The van der Waals surface area contributed by atoms with Gasteiger partial charge in [-0.3, -0.25) is 9.89 Å². The topological polar surface area (TPSA) is 110 Å². The molecule has 164 valence electrons. The van der Waals surface area contributed by atoms with Gasteiger partial charge in [0.1, 0.15) is 17.3 Å². The van der Waals surface area contributed by atoms with Gasteiger partial charge in [-0.05, 0) is 25.1 Å². The third-order valence-corrected chi connectivity index (χ3v) is 5.23. The number of nitrogens with zero attached hydrogens (tertiary/aromatic N) is 4. The van der Waals surface area contributed by atoms with Gasteiger partial charge in [0.2, 0.25) is 17.0 Å². The fraction of sp³-hybridized carbons (Fsp3) is 0.190. The van der Waals surface area contributed by atoms with Gasteiger partial charge in [-0.1, -0.05) is 46.7 Å². The van der Waals surface area contributed by atoms with E-state index < -0.39 is 23.2 Å². The van der Waals surface area contributed by atoms with Crippen molar-refractivity contribution >= 4 is 23.4 Å². The maximum absolute atomic E-state index is 13.6. The number of amides is 1. The summed E-state index contributed by atoms with van der Waals surface area (Å²) in [5, 5.41) is 13.7. The summed E-state index contributed by atoms with van der Waals surface area (Å²) in [5.41, 5.74) is 1.59. The molecule has 1 amide bonds. The maximum Gasteiger partial charge on any atom is 0.227 e. The number of hydrogen-bond acceptors (Lipinski definition) is 7. The highest BCUT2D eigenvalue weighted by molar-refractivity contribution is 7.98. The molecule has 2 aromatic heterocycles. The van der Waals surface area contributed by atoms with Crippen LogP contribution in [0.4, 0.5) is 14.5 Å². The number of rotatable bonds is 8. The van der Waals surface area contributed by atoms with Crippen LogP contribution in [-0.4, -0.2) is 31.2 Å². The van der Waals surface area contributed by atoms with Crippen molar-refractivity contribution in [3.05, 3.63) is 71.4 Å². The Labute approximate surface area is 185 Å². The summed E-state index contributed by atoms with van der Waals surface area (Å²) in [6, 6.07) is 11.3. The van der Waals surface area contributed by atoms with Crippen LogP contribution in [0.2, 0.25) is 0 Å². The lowest BCUT2D eigenvalue weighted by molar-refractivity contribution is -0.116. The van der Waals surface area contributed by atoms with E-state index in [1.165, 1.54) is 17.8 Å². The molecule has 2 heterocycles. The van der Waals surface area contributed by atoms with Gasteiger partial charge in [0.15, 0.2) is 11.6 Å². The first kappa shape index (κ1) is 21.6. The number of aromatic nitrogens is 5. The van der Waals surface area contributed by atoms with Gasteiger partial charge in [0, 0.05) is 18.4 Å². The molecular weight excluding hydrogens is 438 g/mol. The third-order valence-electron chi connectivity index (χ3n) is 4.39. The zero-order valence-corrected chi connectivity index (χ0v) is 17.7. The van der Waals surface area contributed by atoms with Crippen molar-refractivity contribution in [1.82, 2.24) is 25.3 Å². The minimum atomic E-state index is -0.840. The number of anilines is 1. The van der Waals surface area contributed by atoms with Gasteiger partial charge in [0.05, 0.1) is 5.75 Å². The molecule has 32 heavy (non-hydrogen) atoms. The first-order valence-electron chi connectivity index (χ1n) is 9.65. The third kappa shape index (κ3) is 5.35. The number of hydrogen-bond donors (Lipinski definition) is 2. The van der Waals surface area contributed by atoms with Gasteiger partial charge < -0.3 is 9.84 Å². The van der Waals surface area contributed by atoms with Gasteiger partial charge in [-0.25, -0.2) is 13.8 Å². The average Bonchev–Trinajstić information content (AvgIpc) is 3.43. The number of carbonyl (C=O) groups is 1. The zero-order valence-electron chi connectivity index (χ0n) is 16.9. The Morgan fingerprint density at radius 3 is 2.72 bits per heavy atom. The second-order valence-electron chi connectivity index (χ2n) is 6.87. The molecule has 0 atom stereocenters. The molecule has 2 N–H and O–H groups in total. The Bertz CT molecular complexity index is 1220. The van der Waals surface area contributed by atoms with Crippen LogP contribution in [0.15, 0.2) is 52.1 Å². The van der Waals surface area contributed by atoms with Crippen LogP contribution in [-0.2, 0) is 17.0 Å². The molecule has 0 saturated heterocycles. The van der Waals surface area contributed by atoms with Gasteiger partial charge in [-0.2, -0.15) is 4.98 Å². The van der Waals surface area contributed by atoms with Crippen molar-refractivity contribution in [1.29, 1.82) is 0 Å². The van der Waals surface area contributed by atoms with Crippen molar-refractivity contribution in [3.8, 4) is 11.4 Å². The molecule has 0 radical (unpaired) electrons. The number of aryl methyl sites for hydroxylation is 2. The summed E-state index contributed by atoms with van der Waals surface area (Å²) >= 11 is 1.33. The van der Waals surface area contributed by atoms with Gasteiger partial charge >= 0.3 is 0 Å². The van der Waals surface area contributed by atoms with E-state index >= 15 is 0 Å². The van der Waals surface area contributed by atoms with E-state index in [-0.39, 0.29) is 18.7 Å². The monoisotopic (exact) mass is 456 g/mol. The molecule has 11 heteroatoms. The highest BCUT2D eigenvalue weighted by Crippen LogP contribution is 2.22. The Kier molecular flexibility index (Phi) is 6.55. The van der Waals surface area contributed by atoms with E-state index in [4.69, 9.17) is 4.52 Å². The van der Waals surface area contributed by atoms with Crippen LogP contribution >= 0.6 is 11.8 Å². The largest absolute Gasteiger partial charge is 0.339 e. The lowest BCUT2D eigenvalue weighted by atomic mass is 10.1. The predicted molar refractivity (Wildman–Crippen MR) is 114 cm³/mol. The lowest BCUT2D eigenvalue weighted by Gasteiger charge is -2.06. The second kappa shape index (κ2) is 9.69. The number of thioether (sulfide) groups is 1. The number of carbonyl (C=O) groups excluding carboxylic acids is 1. The summed E-state index contributed by atoms with van der Waals surface area (Å²) in [7, 11) is 0. The zero-order chi connectivity index (χ0) is 22.5. The highest BCUT2D eigenvalue weighted by atomic mass is 32.2. The molecule has 2 aromatic carbocycles. The number of H-pyrrole nitrogens is 1. The van der Waals surface area contributed by atoms with Crippen molar-refractivity contribution in [2.24, 2.45) is 0 Å². The van der Waals surface area contributed by atoms with Crippen LogP contribution in [0.1, 0.15) is 23.7 Å². The summed E-state index contributed by atoms with van der Waals surface area (Å²) < 4.78 is 32.4. The Balaban J connectivity index is 1.28. The smallest absolute Gasteiger partial charge is 0.227 e. The maximum atomic E-state index is 13.6. The normalized spacial score (nSPS) is 11.0. The molecule has 0 spiro atoms. The standard InChI is InChI=1S/C21H18F2N6O2S/c1-12-4-2-5-13(10-12)20-26-21(28-27-20)32-11-16-24-18(31-29-16)9-8-17(30)25-19-14(22)6-3-7-15(19)23/h2-7,10H,8-9,11H2,1H3,(H,25,30)(H,26,27,28). The molecule has 0 saturated carbocycles. The Morgan fingerprint density at radius 2 is 1.94 bits per heavy atom. The van der Waals surface area contributed by atoms with E-state index in [0.29, 0.717) is 22.6 Å². The SMILES string of the molecule is Cc1cccc(-c2nc(SCc3noc(CCC(=O)Nc4c(F)cccc4F)n3)n[nH]2)c1. The number of benzene rings is 2. The fourth-order valence-electron chi connectivity index (χ4n) is 2.85. The first-order valence-corrected chi connectivity index (χ1v) is 10.6. The Hall–Kier alpha value is -3.60. The van der Waals surface area contributed by atoms with Crippen LogP contribution in [0, 0.1) is 18.6 Å². The molecule has 0 unspecified atom stereocenters. The van der Waals surface area contributed by atoms with Crippen molar-refractivity contribution in [2.45, 2.75) is 30.7 Å². The molecule has 0 aliphatic heterocycles. The summed E-state index contributed by atoms with van der Waals surface area (Å²) in [6.45, 7) is 2.01. The number of aromatic amines is 1. The molecule has 8 nitrogen and oxygen atoms in total. The van der Waals surface area contributed by atoms with Gasteiger partial charge in [0.25, 0.3) is 0 Å². The second-order valence-corrected chi connectivity index (χ2v) is 7.82. The Morgan fingerprint density at radius 1 is 1.16 bits per heavy atom.